The molecule has 11 heteroatoms. The summed E-state index contributed by atoms with van der Waals surface area (Å²) in [5, 5.41) is 13.0. The van der Waals surface area contributed by atoms with Gasteiger partial charge in [-0.1, -0.05) is 35.3 Å². The first-order valence-electron chi connectivity index (χ1n) is 8.10. The van der Waals surface area contributed by atoms with Crippen molar-refractivity contribution in [1.82, 2.24) is 10.2 Å². The molecule has 0 atom stereocenters. The van der Waals surface area contributed by atoms with E-state index in [0.717, 1.165) is 0 Å². The lowest BCUT2D eigenvalue weighted by molar-refractivity contribution is -0.763. The van der Waals surface area contributed by atoms with Gasteiger partial charge >= 0.3 is 0 Å². The van der Waals surface area contributed by atoms with Crippen LogP contribution in [0.3, 0.4) is 0 Å². The van der Waals surface area contributed by atoms with E-state index in [2.05, 4.69) is 15.1 Å². The highest BCUT2D eigenvalue weighted by molar-refractivity contribution is 6.39. The Bertz CT molecular complexity index is 926. The largest absolute Gasteiger partial charge is 0.399 e. The Morgan fingerprint density at radius 2 is 1.93 bits per heavy atom. The number of nitrogen functional groups attached to an aromatic ring is 1. The lowest BCUT2D eigenvalue weighted by Crippen LogP contribution is -2.35. The van der Waals surface area contributed by atoms with E-state index in [1.54, 1.807) is 24.3 Å². The summed E-state index contributed by atoms with van der Waals surface area (Å²) in [4.78, 5) is 33.2. The molecule has 1 saturated heterocycles. The molecule has 1 heterocycles. The lowest BCUT2D eigenvalue weighted by Gasteiger charge is -2.16. The summed E-state index contributed by atoms with van der Waals surface area (Å²) >= 11 is 12.3. The van der Waals surface area contributed by atoms with Crippen LogP contribution in [0.2, 0.25) is 10.0 Å². The highest BCUT2D eigenvalue weighted by Crippen LogP contribution is 2.35. The van der Waals surface area contributed by atoms with Crippen LogP contribution in [0.15, 0.2) is 41.4 Å². The molecule has 1 aliphatic heterocycles. The van der Waals surface area contributed by atoms with Crippen LogP contribution in [-0.4, -0.2) is 34.9 Å². The fourth-order valence-corrected chi connectivity index (χ4v) is 3.19. The Hall–Kier alpha value is -3.04. The average molecular weight is 424 g/mol. The first kappa shape index (κ1) is 19.7. The van der Waals surface area contributed by atoms with E-state index in [1.165, 1.54) is 17.0 Å². The molecule has 3 N–H and O–H groups in total. The third-order valence-corrected chi connectivity index (χ3v) is 4.49. The first-order chi connectivity index (χ1) is 13.3. The van der Waals surface area contributed by atoms with E-state index in [1.807, 2.05) is 0 Å². The smallest absolute Gasteiger partial charge is 0.294 e. The zero-order valence-corrected chi connectivity index (χ0v) is 15.9. The molecular weight excluding hydrogens is 409 g/mol. The molecule has 0 radical (unpaired) electrons. The minimum atomic E-state index is -0.870. The van der Waals surface area contributed by atoms with Crippen molar-refractivity contribution in [3.05, 3.63) is 67.7 Å². The van der Waals surface area contributed by atoms with Gasteiger partial charge in [0.2, 0.25) is 5.96 Å². The second-order valence-electron chi connectivity index (χ2n) is 5.85. The number of hydrogen-bond acceptors (Lipinski definition) is 6. The fourth-order valence-electron chi connectivity index (χ4n) is 2.60. The van der Waals surface area contributed by atoms with Gasteiger partial charge in [-0.2, -0.15) is 0 Å². The number of nitrogens with two attached hydrogens (primary N) is 1. The molecule has 1 aliphatic rings. The number of nitrogens with zero attached hydrogens (tertiary/aromatic N) is 3. The van der Waals surface area contributed by atoms with Gasteiger partial charge < -0.3 is 15.9 Å². The summed E-state index contributed by atoms with van der Waals surface area (Å²) in [5.41, 5.74) is 7.39. The highest BCUT2D eigenvalue weighted by atomic mass is 35.5. The molecule has 146 valence electrons. The summed E-state index contributed by atoms with van der Waals surface area (Å²) in [7, 11) is 0. The predicted octanol–water partition coefficient (Wildman–Crippen LogP) is 3.02. The van der Waals surface area contributed by atoms with Gasteiger partial charge in [-0.15, -0.1) is 10.1 Å². The van der Waals surface area contributed by atoms with Gasteiger partial charge in [0.1, 0.15) is 12.3 Å². The van der Waals surface area contributed by atoms with Crippen LogP contribution in [-0.2, 0) is 11.4 Å². The van der Waals surface area contributed by atoms with Crippen molar-refractivity contribution < 1.29 is 14.7 Å². The third kappa shape index (κ3) is 4.44. The monoisotopic (exact) mass is 423 g/mol. The minimum absolute atomic E-state index is 0.187. The van der Waals surface area contributed by atoms with Crippen molar-refractivity contribution >= 4 is 46.4 Å². The molecule has 0 unspecified atom stereocenters. The maximum Gasteiger partial charge on any atom is 0.294 e. The van der Waals surface area contributed by atoms with Gasteiger partial charge in [0.25, 0.3) is 11.0 Å². The van der Waals surface area contributed by atoms with Crippen molar-refractivity contribution in [2.24, 2.45) is 4.99 Å². The van der Waals surface area contributed by atoms with Gasteiger partial charge in [-0.05, 0) is 29.8 Å². The van der Waals surface area contributed by atoms with Gasteiger partial charge in [0.15, 0.2) is 0 Å². The molecule has 1 amide bonds. The number of halogens is 2. The van der Waals surface area contributed by atoms with E-state index in [0.29, 0.717) is 41.6 Å². The number of anilines is 1. The summed E-state index contributed by atoms with van der Waals surface area (Å²) < 4.78 is 0. The molecule has 28 heavy (non-hydrogen) atoms. The normalized spacial score (nSPS) is 14.8. The number of nitrogens with one attached hydrogen (secondary N) is 1. The highest BCUT2D eigenvalue weighted by Gasteiger charge is 2.26. The standard InChI is InChI=1S/C17H15Cl2N5O4/c18-13-7-12(20)8-14(19)15(13)22-17-21-5-6-23(17)16(25)11-3-1-10(2-4-11)9-28-24(26)27/h1-4,7-8H,5-6,9,20H2,(H,21,22). The Morgan fingerprint density at radius 1 is 1.29 bits per heavy atom. The number of amides is 1. The Kier molecular flexibility index (Phi) is 5.86. The number of carbonyl (C=O) groups excluding carboxylic acids is 1. The second-order valence-corrected chi connectivity index (χ2v) is 6.66. The number of carbonyl (C=O) groups is 1. The summed E-state index contributed by atoms with van der Waals surface area (Å²) in [6, 6.07) is 9.37. The molecule has 2 aromatic carbocycles. The molecule has 0 aromatic heterocycles. The topological polar surface area (TPSA) is 123 Å². The van der Waals surface area contributed by atoms with Crippen molar-refractivity contribution in [3.63, 3.8) is 0 Å². The molecule has 0 bridgehead atoms. The summed E-state index contributed by atoms with van der Waals surface area (Å²) in [6.07, 6.45) is 0. The SMILES string of the molecule is Nc1cc(Cl)c(/N=C2\NCCN2C(=O)c2ccc(CO[N+](=O)[O-])cc2)c(Cl)c1. The van der Waals surface area contributed by atoms with Gasteiger partial charge in [0, 0.05) is 24.3 Å². The fraction of sp³-hybridized carbons (Fsp3) is 0.176. The number of hydrogen-bond donors (Lipinski definition) is 2. The van der Waals surface area contributed by atoms with Crippen LogP contribution in [0.5, 0.6) is 0 Å². The second kappa shape index (κ2) is 8.32. The third-order valence-electron chi connectivity index (χ3n) is 3.91. The number of benzene rings is 2. The molecule has 0 spiro atoms. The van der Waals surface area contributed by atoms with Gasteiger partial charge in [-0.3, -0.25) is 9.69 Å². The quantitative estimate of drug-likeness (QED) is 0.432. The van der Waals surface area contributed by atoms with Gasteiger partial charge in [-0.25, -0.2) is 4.99 Å². The van der Waals surface area contributed by atoms with Crippen LogP contribution < -0.4 is 11.1 Å². The maximum absolute atomic E-state index is 12.8. The van der Waals surface area contributed by atoms with Gasteiger partial charge in [0.05, 0.1) is 10.0 Å². The van der Waals surface area contributed by atoms with E-state index in [-0.39, 0.29) is 22.6 Å². The zero-order valence-electron chi connectivity index (χ0n) is 14.4. The minimum Gasteiger partial charge on any atom is -0.399 e. The maximum atomic E-state index is 12.8. The first-order valence-corrected chi connectivity index (χ1v) is 8.86. The van der Waals surface area contributed by atoms with Crippen molar-refractivity contribution in [1.29, 1.82) is 0 Å². The van der Waals surface area contributed by atoms with E-state index < -0.39 is 5.09 Å². The van der Waals surface area contributed by atoms with E-state index in [9.17, 15) is 14.9 Å². The zero-order chi connectivity index (χ0) is 20.3. The van der Waals surface area contributed by atoms with Crippen LogP contribution >= 0.6 is 23.2 Å². The summed E-state index contributed by atoms with van der Waals surface area (Å²) in [6.45, 7) is 0.741. The van der Waals surface area contributed by atoms with Crippen LogP contribution in [0.25, 0.3) is 0 Å². The van der Waals surface area contributed by atoms with Crippen LogP contribution in [0.1, 0.15) is 15.9 Å². The van der Waals surface area contributed by atoms with Crippen molar-refractivity contribution in [2.45, 2.75) is 6.61 Å². The molecule has 3 rings (SSSR count). The Balaban J connectivity index is 1.81. The Morgan fingerprint density at radius 3 is 2.54 bits per heavy atom. The van der Waals surface area contributed by atoms with E-state index in [4.69, 9.17) is 28.9 Å². The predicted molar refractivity (Wildman–Crippen MR) is 105 cm³/mol. The number of aliphatic imine (C=N–C) groups is 1. The number of guanidine groups is 1. The Labute approximate surface area is 169 Å². The molecule has 9 nitrogen and oxygen atoms in total. The molecule has 2 aromatic rings. The number of rotatable bonds is 5. The van der Waals surface area contributed by atoms with Crippen LogP contribution in [0.4, 0.5) is 11.4 Å². The molecule has 1 fully saturated rings. The molecule has 0 saturated carbocycles. The summed E-state index contributed by atoms with van der Waals surface area (Å²) in [5.74, 6) is 0.0347. The van der Waals surface area contributed by atoms with Crippen LogP contribution in [0, 0.1) is 10.1 Å². The van der Waals surface area contributed by atoms with Crippen molar-refractivity contribution in [3.8, 4) is 0 Å². The van der Waals surface area contributed by atoms with Crippen molar-refractivity contribution in [2.75, 3.05) is 18.8 Å². The molecule has 0 aliphatic carbocycles. The molecular formula is C17H15Cl2N5O4. The van der Waals surface area contributed by atoms with E-state index >= 15 is 0 Å². The average Bonchev–Trinajstić information content (AvgIpc) is 3.11. The lowest BCUT2D eigenvalue weighted by atomic mass is 10.1.